The normalized spacial score (nSPS) is 30.1. The Labute approximate surface area is 108 Å². The fourth-order valence-corrected chi connectivity index (χ4v) is 3.00. The third-order valence-corrected chi connectivity index (χ3v) is 4.10. The highest BCUT2D eigenvalue weighted by Gasteiger charge is 2.32. The summed E-state index contributed by atoms with van der Waals surface area (Å²) in [7, 11) is 1.83. The molecule has 1 aromatic rings. The molecule has 3 N–H and O–H groups in total. The largest absolute Gasteiger partial charge is 0.352 e. The Hall–Kier alpha value is -1.49. The molecule has 0 aliphatic carbocycles. The summed E-state index contributed by atoms with van der Waals surface area (Å²) in [5, 5.41) is 6.90. The van der Waals surface area contributed by atoms with Crippen molar-refractivity contribution in [2.75, 3.05) is 31.7 Å². The Bertz CT molecular complexity index is 450. The number of aromatic amines is 1. The average Bonchev–Trinajstić information content (AvgIpc) is 2.88. The van der Waals surface area contributed by atoms with Crippen molar-refractivity contribution in [1.82, 2.24) is 15.6 Å². The maximum Gasteiger partial charge on any atom is 0.133 e. The van der Waals surface area contributed by atoms with Crippen LogP contribution in [0.25, 0.3) is 0 Å². The number of aromatic nitrogens is 1. The molecule has 1 saturated heterocycles. The van der Waals surface area contributed by atoms with E-state index in [9.17, 15) is 0 Å². The fraction of sp³-hybridized carbons (Fsp3) is 0.615. The lowest BCUT2D eigenvalue weighted by Gasteiger charge is -2.42. The standard InChI is InChI=1S/C13H21N5/c1-9-3-5-15-7-11(9)18-8-17-12(14-2)10-4-6-16-13(10)18/h4,6,9,11,15-16H,3,5,7-8H2,1-2H3,(H,14,17)/t9-,11+/m1/s1. The first-order chi connectivity index (χ1) is 8.81. The molecule has 0 radical (unpaired) electrons. The molecule has 5 heteroatoms. The number of rotatable bonds is 1. The number of amidine groups is 1. The van der Waals surface area contributed by atoms with E-state index >= 15 is 0 Å². The van der Waals surface area contributed by atoms with Gasteiger partial charge in [0.1, 0.15) is 11.7 Å². The average molecular weight is 247 g/mol. The number of hydrogen-bond donors (Lipinski definition) is 3. The smallest absolute Gasteiger partial charge is 0.133 e. The van der Waals surface area contributed by atoms with Crippen LogP contribution >= 0.6 is 0 Å². The van der Waals surface area contributed by atoms with Gasteiger partial charge in [-0.05, 0) is 24.9 Å². The lowest BCUT2D eigenvalue weighted by atomic mass is 9.93. The Kier molecular flexibility index (Phi) is 2.99. The van der Waals surface area contributed by atoms with E-state index in [0.29, 0.717) is 12.0 Å². The number of anilines is 1. The predicted molar refractivity (Wildman–Crippen MR) is 74.2 cm³/mol. The molecule has 2 aliphatic rings. The molecule has 1 aromatic heterocycles. The van der Waals surface area contributed by atoms with Crippen molar-refractivity contribution in [1.29, 1.82) is 0 Å². The van der Waals surface area contributed by atoms with Gasteiger partial charge in [-0.25, -0.2) is 0 Å². The third kappa shape index (κ3) is 1.79. The van der Waals surface area contributed by atoms with Gasteiger partial charge >= 0.3 is 0 Å². The van der Waals surface area contributed by atoms with Gasteiger partial charge in [-0.2, -0.15) is 0 Å². The number of H-pyrrole nitrogens is 1. The minimum Gasteiger partial charge on any atom is -0.352 e. The van der Waals surface area contributed by atoms with Crippen LogP contribution in [0.4, 0.5) is 5.82 Å². The molecule has 0 saturated carbocycles. The molecule has 2 aliphatic heterocycles. The van der Waals surface area contributed by atoms with Crippen LogP contribution in [-0.2, 0) is 0 Å². The molecule has 0 amide bonds. The zero-order chi connectivity index (χ0) is 12.5. The Morgan fingerprint density at radius 2 is 2.33 bits per heavy atom. The van der Waals surface area contributed by atoms with E-state index < -0.39 is 0 Å². The lowest BCUT2D eigenvalue weighted by molar-refractivity contribution is 0.326. The zero-order valence-electron chi connectivity index (χ0n) is 11.0. The number of nitrogens with zero attached hydrogens (tertiary/aromatic N) is 2. The summed E-state index contributed by atoms with van der Waals surface area (Å²) in [5.41, 5.74) is 1.18. The SMILES string of the molecule is CN=C1NCN([C@H]2CNCC[C@H]2C)c2[nH]ccc21. The fourth-order valence-electron chi connectivity index (χ4n) is 3.00. The second-order valence-electron chi connectivity index (χ2n) is 5.15. The van der Waals surface area contributed by atoms with Crippen molar-refractivity contribution >= 4 is 11.7 Å². The van der Waals surface area contributed by atoms with Gasteiger partial charge in [-0.1, -0.05) is 6.92 Å². The molecule has 0 aromatic carbocycles. The topological polar surface area (TPSA) is 55.5 Å². The number of piperidine rings is 1. The number of aliphatic imine (C=N–C) groups is 1. The van der Waals surface area contributed by atoms with Crippen LogP contribution < -0.4 is 15.5 Å². The van der Waals surface area contributed by atoms with E-state index in [1.54, 1.807) is 0 Å². The molecule has 3 heterocycles. The quantitative estimate of drug-likeness (QED) is 0.686. The number of hydrogen-bond acceptors (Lipinski definition) is 3. The van der Waals surface area contributed by atoms with E-state index in [4.69, 9.17) is 0 Å². The van der Waals surface area contributed by atoms with Gasteiger partial charge in [0.2, 0.25) is 0 Å². The second-order valence-corrected chi connectivity index (χ2v) is 5.15. The van der Waals surface area contributed by atoms with Crippen molar-refractivity contribution < 1.29 is 0 Å². The zero-order valence-corrected chi connectivity index (χ0v) is 11.0. The van der Waals surface area contributed by atoms with Crippen LogP contribution in [0.5, 0.6) is 0 Å². The molecule has 98 valence electrons. The van der Waals surface area contributed by atoms with Crippen molar-refractivity contribution in [2.24, 2.45) is 10.9 Å². The Morgan fingerprint density at radius 3 is 3.11 bits per heavy atom. The number of fused-ring (bicyclic) bond motifs is 1. The van der Waals surface area contributed by atoms with Crippen LogP contribution in [-0.4, -0.2) is 43.7 Å². The first-order valence-electron chi connectivity index (χ1n) is 6.67. The summed E-state index contributed by atoms with van der Waals surface area (Å²) in [6, 6.07) is 2.64. The maximum atomic E-state index is 4.30. The van der Waals surface area contributed by atoms with Crippen LogP contribution in [0, 0.1) is 5.92 Å². The first kappa shape index (κ1) is 11.6. The summed E-state index contributed by atoms with van der Waals surface area (Å²) in [4.78, 5) is 10.1. The highest BCUT2D eigenvalue weighted by atomic mass is 15.3. The summed E-state index contributed by atoms with van der Waals surface area (Å²) < 4.78 is 0. The summed E-state index contributed by atoms with van der Waals surface area (Å²) in [6.45, 7) is 5.37. The molecular formula is C13H21N5. The molecule has 0 unspecified atom stereocenters. The van der Waals surface area contributed by atoms with Gasteiger partial charge in [0.15, 0.2) is 0 Å². The molecule has 3 rings (SSSR count). The monoisotopic (exact) mass is 247 g/mol. The van der Waals surface area contributed by atoms with Gasteiger partial charge in [0, 0.05) is 25.8 Å². The van der Waals surface area contributed by atoms with Crippen LogP contribution in [0.1, 0.15) is 18.9 Å². The van der Waals surface area contributed by atoms with E-state index in [2.05, 4.69) is 38.5 Å². The van der Waals surface area contributed by atoms with Crippen molar-refractivity contribution in [2.45, 2.75) is 19.4 Å². The van der Waals surface area contributed by atoms with Crippen LogP contribution in [0.15, 0.2) is 17.3 Å². The Morgan fingerprint density at radius 1 is 1.44 bits per heavy atom. The number of nitrogens with one attached hydrogen (secondary N) is 3. The minimum atomic E-state index is 0.544. The van der Waals surface area contributed by atoms with Crippen molar-refractivity contribution in [3.63, 3.8) is 0 Å². The van der Waals surface area contributed by atoms with Crippen LogP contribution in [0.2, 0.25) is 0 Å². The predicted octanol–water partition coefficient (Wildman–Crippen LogP) is 0.756. The Balaban J connectivity index is 1.91. The summed E-state index contributed by atoms with van der Waals surface area (Å²) in [5.74, 6) is 2.90. The highest BCUT2D eigenvalue weighted by molar-refractivity contribution is 6.04. The van der Waals surface area contributed by atoms with E-state index in [0.717, 1.165) is 25.6 Å². The molecule has 0 spiro atoms. The van der Waals surface area contributed by atoms with Gasteiger partial charge in [-0.15, -0.1) is 0 Å². The maximum absolute atomic E-state index is 4.30. The van der Waals surface area contributed by atoms with E-state index in [-0.39, 0.29) is 0 Å². The molecular weight excluding hydrogens is 226 g/mol. The van der Waals surface area contributed by atoms with Gasteiger partial charge in [-0.3, -0.25) is 4.99 Å². The van der Waals surface area contributed by atoms with E-state index in [1.165, 1.54) is 17.8 Å². The second kappa shape index (κ2) is 4.65. The van der Waals surface area contributed by atoms with Crippen molar-refractivity contribution in [3.05, 3.63) is 17.8 Å². The summed E-state index contributed by atoms with van der Waals surface area (Å²) >= 11 is 0. The van der Waals surface area contributed by atoms with Gasteiger partial charge < -0.3 is 20.5 Å². The molecule has 18 heavy (non-hydrogen) atoms. The molecule has 2 atom stereocenters. The van der Waals surface area contributed by atoms with Gasteiger partial charge in [0.25, 0.3) is 0 Å². The molecule has 5 nitrogen and oxygen atoms in total. The van der Waals surface area contributed by atoms with Crippen molar-refractivity contribution in [3.8, 4) is 0 Å². The highest BCUT2D eigenvalue weighted by Crippen LogP contribution is 2.28. The summed E-state index contributed by atoms with van der Waals surface area (Å²) in [6.07, 6.45) is 3.24. The van der Waals surface area contributed by atoms with Crippen LogP contribution in [0.3, 0.4) is 0 Å². The van der Waals surface area contributed by atoms with Gasteiger partial charge in [0.05, 0.1) is 12.2 Å². The van der Waals surface area contributed by atoms with E-state index in [1.807, 2.05) is 13.2 Å². The molecule has 1 fully saturated rings. The lowest BCUT2D eigenvalue weighted by Crippen LogP contribution is -2.56. The third-order valence-electron chi connectivity index (χ3n) is 4.10. The minimum absolute atomic E-state index is 0.544. The molecule has 0 bridgehead atoms. The first-order valence-corrected chi connectivity index (χ1v) is 6.67.